The van der Waals surface area contributed by atoms with Gasteiger partial charge < -0.3 is 14.6 Å². The van der Waals surface area contributed by atoms with E-state index in [0.717, 1.165) is 17.2 Å². The Labute approximate surface area is 147 Å². The van der Waals surface area contributed by atoms with E-state index in [0.29, 0.717) is 19.7 Å². The maximum atomic E-state index is 13.2. The van der Waals surface area contributed by atoms with Crippen LogP contribution in [-0.4, -0.2) is 23.3 Å². The number of ether oxygens (including phenoxy) is 1. The predicted octanol–water partition coefficient (Wildman–Crippen LogP) is 4.26. The van der Waals surface area contributed by atoms with Gasteiger partial charge in [-0.05, 0) is 36.8 Å². The molecule has 0 bridgehead atoms. The lowest BCUT2D eigenvalue weighted by Gasteiger charge is -2.13. The molecule has 0 saturated heterocycles. The van der Waals surface area contributed by atoms with E-state index in [1.54, 1.807) is 25.4 Å². The number of nitrogens with one attached hydrogen (secondary N) is 1. The van der Waals surface area contributed by atoms with Crippen molar-refractivity contribution >= 4 is 5.95 Å². The molecule has 1 heterocycles. The van der Waals surface area contributed by atoms with Gasteiger partial charge in [-0.3, -0.25) is 0 Å². The quantitative estimate of drug-likeness (QED) is 0.699. The number of anilines is 1. The maximum absolute atomic E-state index is 13.2. The summed E-state index contributed by atoms with van der Waals surface area (Å²) in [5, 5.41) is 3.38. The number of methoxy groups -OCH3 is 1. The van der Waals surface area contributed by atoms with Gasteiger partial charge in [-0.25, -0.2) is 9.37 Å². The number of hydrogen-bond acceptors (Lipinski definition) is 3. The zero-order valence-corrected chi connectivity index (χ0v) is 14.5. The molecule has 0 spiro atoms. The molecule has 3 aromatic rings. The number of nitrogens with zero attached hydrogens (tertiary/aromatic N) is 2. The number of aromatic nitrogens is 2. The van der Waals surface area contributed by atoms with E-state index in [-0.39, 0.29) is 5.82 Å². The number of rotatable bonds is 7. The molecular weight excluding hydrogens is 317 g/mol. The smallest absolute Gasteiger partial charge is 0.203 e. The summed E-state index contributed by atoms with van der Waals surface area (Å²) in [5.41, 5.74) is 4.29. The van der Waals surface area contributed by atoms with Crippen LogP contribution in [0, 0.1) is 12.7 Å². The second-order valence-corrected chi connectivity index (χ2v) is 5.96. The third kappa shape index (κ3) is 4.25. The fraction of sp³-hybridized carbons (Fsp3) is 0.250. The standard InChI is InChI=1S/C20H22FN3O/c1-15-3-5-16(6-4-15)13-22-20-23-14-19(24(20)11-12-25-2)17-7-9-18(21)10-8-17/h3-10,14H,11-13H2,1-2H3,(H,22,23). The average molecular weight is 339 g/mol. The Kier molecular flexibility index (Phi) is 5.46. The molecule has 0 aliphatic heterocycles. The van der Waals surface area contributed by atoms with Gasteiger partial charge in [0.15, 0.2) is 0 Å². The van der Waals surface area contributed by atoms with E-state index in [1.165, 1.54) is 23.3 Å². The van der Waals surface area contributed by atoms with Gasteiger partial charge in [0.1, 0.15) is 5.82 Å². The molecule has 3 rings (SSSR count). The molecule has 0 saturated carbocycles. The first kappa shape index (κ1) is 17.2. The number of halogens is 1. The Hall–Kier alpha value is -2.66. The Morgan fingerprint density at radius 3 is 2.48 bits per heavy atom. The van der Waals surface area contributed by atoms with Crippen molar-refractivity contribution in [1.29, 1.82) is 0 Å². The van der Waals surface area contributed by atoms with E-state index >= 15 is 0 Å². The van der Waals surface area contributed by atoms with E-state index in [9.17, 15) is 4.39 Å². The van der Waals surface area contributed by atoms with Gasteiger partial charge in [0, 0.05) is 25.8 Å². The molecule has 4 nitrogen and oxygen atoms in total. The van der Waals surface area contributed by atoms with Crippen LogP contribution >= 0.6 is 0 Å². The number of benzene rings is 2. The molecule has 0 amide bonds. The molecular formula is C20H22FN3O. The molecule has 5 heteroatoms. The minimum absolute atomic E-state index is 0.246. The summed E-state index contributed by atoms with van der Waals surface area (Å²) in [7, 11) is 1.67. The van der Waals surface area contributed by atoms with Crippen LogP contribution in [0.1, 0.15) is 11.1 Å². The summed E-state index contributed by atoms with van der Waals surface area (Å²) in [6.07, 6.45) is 1.81. The molecule has 0 radical (unpaired) electrons. The molecule has 0 fully saturated rings. The first-order chi connectivity index (χ1) is 12.2. The van der Waals surface area contributed by atoms with Crippen molar-refractivity contribution in [2.45, 2.75) is 20.0 Å². The molecule has 130 valence electrons. The molecule has 2 aromatic carbocycles. The number of aryl methyl sites for hydroxylation is 1. The Morgan fingerprint density at radius 2 is 1.80 bits per heavy atom. The third-order valence-electron chi connectivity index (χ3n) is 4.09. The third-order valence-corrected chi connectivity index (χ3v) is 4.09. The normalized spacial score (nSPS) is 10.8. The molecule has 0 aliphatic rings. The largest absolute Gasteiger partial charge is 0.383 e. The summed E-state index contributed by atoms with van der Waals surface area (Å²) >= 11 is 0. The van der Waals surface area contributed by atoms with Gasteiger partial charge in [-0.2, -0.15) is 0 Å². The average Bonchev–Trinajstić information content (AvgIpc) is 3.03. The molecule has 1 N–H and O–H groups in total. The van der Waals surface area contributed by atoms with Crippen molar-refractivity contribution in [3.63, 3.8) is 0 Å². The van der Waals surface area contributed by atoms with Crippen molar-refractivity contribution in [1.82, 2.24) is 9.55 Å². The van der Waals surface area contributed by atoms with E-state index < -0.39 is 0 Å². The highest BCUT2D eigenvalue weighted by Gasteiger charge is 2.11. The van der Waals surface area contributed by atoms with Gasteiger partial charge in [0.05, 0.1) is 18.5 Å². The maximum Gasteiger partial charge on any atom is 0.203 e. The zero-order valence-electron chi connectivity index (χ0n) is 14.5. The van der Waals surface area contributed by atoms with Crippen molar-refractivity contribution in [2.75, 3.05) is 19.0 Å². The van der Waals surface area contributed by atoms with E-state index in [1.807, 2.05) is 0 Å². The van der Waals surface area contributed by atoms with Crippen LogP contribution in [0.2, 0.25) is 0 Å². The van der Waals surface area contributed by atoms with Crippen molar-refractivity contribution < 1.29 is 9.13 Å². The fourth-order valence-corrected chi connectivity index (χ4v) is 2.66. The molecule has 25 heavy (non-hydrogen) atoms. The summed E-state index contributed by atoms with van der Waals surface area (Å²) in [5.74, 6) is 0.529. The summed E-state index contributed by atoms with van der Waals surface area (Å²) < 4.78 is 20.5. The Morgan fingerprint density at radius 1 is 1.08 bits per heavy atom. The van der Waals surface area contributed by atoms with Gasteiger partial charge in [0.25, 0.3) is 0 Å². The molecule has 0 atom stereocenters. The van der Waals surface area contributed by atoms with Crippen LogP contribution in [0.5, 0.6) is 0 Å². The first-order valence-corrected chi connectivity index (χ1v) is 8.27. The van der Waals surface area contributed by atoms with Crippen LogP contribution in [0.3, 0.4) is 0 Å². The highest BCUT2D eigenvalue weighted by molar-refractivity contribution is 5.61. The molecule has 0 aliphatic carbocycles. The number of imidazole rings is 1. The SMILES string of the molecule is COCCn1c(-c2ccc(F)cc2)cnc1NCc1ccc(C)cc1. The summed E-state index contributed by atoms with van der Waals surface area (Å²) in [6, 6.07) is 14.8. The van der Waals surface area contributed by atoms with E-state index in [2.05, 4.69) is 46.1 Å². The zero-order chi connectivity index (χ0) is 17.6. The minimum Gasteiger partial charge on any atom is -0.383 e. The van der Waals surface area contributed by atoms with Crippen molar-refractivity contribution in [3.8, 4) is 11.3 Å². The molecule has 1 aromatic heterocycles. The first-order valence-electron chi connectivity index (χ1n) is 8.27. The Bertz CT molecular complexity index is 810. The summed E-state index contributed by atoms with van der Waals surface area (Å²) in [6.45, 7) is 4.00. The second-order valence-electron chi connectivity index (χ2n) is 5.96. The van der Waals surface area contributed by atoms with Crippen LogP contribution < -0.4 is 5.32 Å². The highest BCUT2D eigenvalue weighted by atomic mass is 19.1. The Balaban J connectivity index is 1.82. The number of hydrogen-bond donors (Lipinski definition) is 1. The summed E-state index contributed by atoms with van der Waals surface area (Å²) in [4.78, 5) is 4.50. The van der Waals surface area contributed by atoms with Crippen molar-refractivity contribution in [3.05, 3.63) is 71.7 Å². The van der Waals surface area contributed by atoms with Crippen LogP contribution in [0.25, 0.3) is 11.3 Å². The lowest BCUT2D eigenvalue weighted by atomic mass is 10.1. The minimum atomic E-state index is -0.246. The topological polar surface area (TPSA) is 39.1 Å². The second kappa shape index (κ2) is 7.94. The van der Waals surface area contributed by atoms with Crippen LogP contribution in [0.4, 0.5) is 10.3 Å². The van der Waals surface area contributed by atoms with Gasteiger partial charge in [-0.1, -0.05) is 29.8 Å². The van der Waals surface area contributed by atoms with Gasteiger partial charge >= 0.3 is 0 Å². The monoisotopic (exact) mass is 339 g/mol. The lowest BCUT2D eigenvalue weighted by molar-refractivity contribution is 0.188. The van der Waals surface area contributed by atoms with Crippen molar-refractivity contribution in [2.24, 2.45) is 0 Å². The highest BCUT2D eigenvalue weighted by Crippen LogP contribution is 2.24. The van der Waals surface area contributed by atoms with Gasteiger partial charge in [-0.15, -0.1) is 0 Å². The predicted molar refractivity (Wildman–Crippen MR) is 98.0 cm³/mol. The fourth-order valence-electron chi connectivity index (χ4n) is 2.66. The van der Waals surface area contributed by atoms with E-state index in [4.69, 9.17) is 4.74 Å². The van der Waals surface area contributed by atoms with Gasteiger partial charge in [0.2, 0.25) is 5.95 Å². The molecule has 0 unspecified atom stereocenters. The lowest BCUT2D eigenvalue weighted by Crippen LogP contribution is -2.11. The van der Waals surface area contributed by atoms with Crippen LogP contribution in [0.15, 0.2) is 54.7 Å². The van der Waals surface area contributed by atoms with Crippen LogP contribution in [-0.2, 0) is 17.8 Å².